The van der Waals surface area contributed by atoms with Gasteiger partial charge < -0.3 is 15.2 Å². The van der Waals surface area contributed by atoms with E-state index in [1.54, 1.807) is 31.6 Å². The van der Waals surface area contributed by atoms with Crippen molar-refractivity contribution in [1.82, 2.24) is 20.0 Å². The van der Waals surface area contributed by atoms with Crippen LogP contribution in [0.5, 0.6) is 0 Å². The first-order chi connectivity index (χ1) is 16.1. The predicted octanol–water partition coefficient (Wildman–Crippen LogP) is 2.79. The maximum atomic E-state index is 12.5. The molecule has 4 rings (SSSR count). The summed E-state index contributed by atoms with van der Waals surface area (Å²) in [7, 11) is 1.79. The van der Waals surface area contributed by atoms with Gasteiger partial charge >= 0.3 is 0 Å². The van der Waals surface area contributed by atoms with E-state index in [0.717, 1.165) is 56.6 Å². The summed E-state index contributed by atoms with van der Waals surface area (Å²) in [5.41, 5.74) is 2.57. The normalized spacial score (nSPS) is 20.2. The van der Waals surface area contributed by atoms with Gasteiger partial charge in [-0.2, -0.15) is 5.10 Å². The summed E-state index contributed by atoms with van der Waals surface area (Å²) in [6.07, 6.45) is 4.15. The second kappa shape index (κ2) is 9.91. The Morgan fingerprint density at radius 3 is 2.59 bits per heavy atom. The fourth-order valence-corrected chi connectivity index (χ4v) is 4.82. The lowest BCUT2D eigenvalue weighted by molar-refractivity contribution is -0.0764. The largest absolute Gasteiger partial charge is 0.378 e. The number of rotatable bonds is 5. The maximum absolute atomic E-state index is 12.5. The van der Waals surface area contributed by atoms with Gasteiger partial charge in [-0.25, -0.2) is 0 Å². The van der Waals surface area contributed by atoms with Crippen molar-refractivity contribution in [2.75, 3.05) is 19.6 Å². The van der Waals surface area contributed by atoms with Gasteiger partial charge in [-0.15, -0.1) is 0 Å². The van der Waals surface area contributed by atoms with Crippen molar-refractivity contribution in [1.29, 1.82) is 0 Å². The Morgan fingerprint density at radius 2 is 1.97 bits per heavy atom. The molecule has 7 heteroatoms. The van der Waals surface area contributed by atoms with E-state index in [1.165, 1.54) is 5.56 Å². The van der Waals surface area contributed by atoms with Crippen LogP contribution < -0.4 is 5.32 Å². The molecule has 2 aliphatic heterocycles. The number of likely N-dealkylation sites (tertiary alicyclic amines) is 1. The molecule has 3 heterocycles. The molecule has 1 spiro atoms. The van der Waals surface area contributed by atoms with Crippen molar-refractivity contribution in [3.8, 4) is 11.8 Å². The number of benzene rings is 1. The Kier molecular flexibility index (Phi) is 7.13. The zero-order chi connectivity index (χ0) is 24.3. The summed E-state index contributed by atoms with van der Waals surface area (Å²) >= 11 is 0. The molecule has 0 aliphatic carbocycles. The average molecular weight is 465 g/mol. The second-order valence-electron chi connectivity index (χ2n) is 10.2. The van der Waals surface area contributed by atoms with E-state index in [9.17, 15) is 9.90 Å². The molecule has 2 fully saturated rings. The van der Waals surface area contributed by atoms with Crippen LogP contribution in [0.4, 0.5) is 0 Å². The SMILES string of the molecule is Cc1cc(C(=O)NCC2CCC3(CCN(Cc4ccc(C#CC(C)(C)O)cc4)CC3)O2)n(C)n1. The molecule has 0 bridgehead atoms. The number of hydrogen-bond donors (Lipinski definition) is 2. The molecule has 1 atom stereocenters. The first-order valence-corrected chi connectivity index (χ1v) is 12.1. The number of carbonyl (C=O) groups is 1. The van der Waals surface area contributed by atoms with Gasteiger partial charge in [0.05, 0.1) is 17.4 Å². The highest BCUT2D eigenvalue weighted by Gasteiger charge is 2.42. The first-order valence-electron chi connectivity index (χ1n) is 12.1. The van der Waals surface area contributed by atoms with Gasteiger partial charge in [0, 0.05) is 38.8 Å². The van der Waals surface area contributed by atoms with Crippen molar-refractivity contribution in [3.63, 3.8) is 0 Å². The van der Waals surface area contributed by atoms with Gasteiger partial charge in [-0.3, -0.25) is 14.4 Å². The van der Waals surface area contributed by atoms with Crippen molar-refractivity contribution in [2.45, 2.75) is 70.3 Å². The van der Waals surface area contributed by atoms with E-state index in [4.69, 9.17) is 4.74 Å². The number of aliphatic hydroxyl groups is 1. The standard InChI is InChI=1S/C27H36N4O3/c1-20-17-24(30(4)29-20)25(32)28-18-23-10-12-27(34-23)13-15-31(16-14-27)19-22-7-5-21(6-8-22)9-11-26(2,3)33/h5-8,17,23,33H,10,12-16,18-19H2,1-4H3,(H,28,32). The molecule has 1 aromatic carbocycles. The van der Waals surface area contributed by atoms with E-state index in [0.29, 0.717) is 12.2 Å². The average Bonchev–Trinajstić information content (AvgIpc) is 3.35. The number of ether oxygens (including phenoxy) is 1. The summed E-state index contributed by atoms with van der Waals surface area (Å²) in [6.45, 7) is 8.73. The van der Waals surface area contributed by atoms with Crippen LogP contribution in [-0.4, -0.2) is 62.6 Å². The summed E-state index contributed by atoms with van der Waals surface area (Å²) in [4.78, 5) is 14.9. The van der Waals surface area contributed by atoms with Gasteiger partial charge in [0.25, 0.3) is 5.91 Å². The minimum absolute atomic E-state index is 0.0500. The Bertz CT molecular complexity index is 1060. The van der Waals surface area contributed by atoms with Crippen LogP contribution in [0.2, 0.25) is 0 Å². The number of amides is 1. The topological polar surface area (TPSA) is 79.6 Å². The maximum Gasteiger partial charge on any atom is 0.269 e. The van der Waals surface area contributed by atoms with Crippen LogP contribution in [0.1, 0.15) is 66.8 Å². The number of piperidine rings is 1. The first kappa shape index (κ1) is 24.5. The molecule has 34 heavy (non-hydrogen) atoms. The van der Waals surface area contributed by atoms with Crippen molar-refractivity contribution in [3.05, 3.63) is 52.8 Å². The number of nitrogens with one attached hydrogen (secondary N) is 1. The second-order valence-corrected chi connectivity index (χ2v) is 10.2. The van der Waals surface area contributed by atoms with E-state index in [-0.39, 0.29) is 17.6 Å². The van der Waals surface area contributed by atoms with Crippen LogP contribution >= 0.6 is 0 Å². The van der Waals surface area contributed by atoms with Crippen molar-refractivity contribution < 1.29 is 14.6 Å². The van der Waals surface area contributed by atoms with E-state index < -0.39 is 5.60 Å². The minimum Gasteiger partial charge on any atom is -0.378 e. The highest BCUT2D eigenvalue weighted by atomic mass is 16.5. The Balaban J connectivity index is 1.22. The number of hydrogen-bond acceptors (Lipinski definition) is 5. The van der Waals surface area contributed by atoms with Crippen LogP contribution in [-0.2, 0) is 18.3 Å². The molecule has 2 aliphatic rings. The Hall–Kier alpha value is -2.66. The van der Waals surface area contributed by atoms with Gasteiger partial charge in [0.1, 0.15) is 11.3 Å². The molecule has 2 N–H and O–H groups in total. The number of carbonyl (C=O) groups excluding carboxylic acids is 1. The summed E-state index contributed by atoms with van der Waals surface area (Å²) in [5, 5.41) is 17.0. The fourth-order valence-electron chi connectivity index (χ4n) is 4.82. The third-order valence-corrected chi connectivity index (χ3v) is 6.70. The molecule has 0 saturated carbocycles. The third-order valence-electron chi connectivity index (χ3n) is 6.70. The zero-order valence-electron chi connectivity index (χ0n) is 20.7. The number of aromatic nitrogens is 2. The van der Waals surface area contributed by atoms with Crippen molar-refractivity contribution >= 4 is 5.91 Å². The quantitative estimate of drug-likeness (QED) is 0.666. The monoisotopic (exact) mass is 464 g/mol. The van der Waals surface area contributed by atoms with E-state index in [1.807, 2.05) is 19.1 Å². The van der Waals surface area contributed by atoms with Crippen LogP contribution in [0.3, 0.4) is 0 Å². The van der Waals surface area contributed by atoms with Crippen LogP contribution in [0.25, 0.3) is 0 Å². The Labute approximate surface area is 202 Å². The molecule has 1 unspecified atom stereocenters. The molecular weight excluding hydrogens is 428 g/mol. The highest BCUT2D eigenvalue weighted by Crippen LogP contribution is 2.39. The molecule has 182 valence electrons. The fraction of sp³-hybridized carbons (Fsp3) is 0.556. The lowest BCUT2D eigenvalue weighted by atomic mass is 9.88. The lowest BCUT2D eigenvalue weighted by Gasteiger charge is -2.39. The van der Waals surface area contributed by atoms with E-state index in [2.05, 4.69) is 39.3 Å². The zero-order valence-corrected chi connectivity index (χ0v) is 20.7. The lowest BCUT2D eigenvalue weighted by Crippen LogP contribution is -2.44. The van der Waals surface area contributed by atoms with Crippen LogP contribution in [0.15, 0.2) is 30.3 Å². The minimum atomic E-state index is -0.979. The molecule has 2 aromatic rings. The molecular formula is C27H36N4O3. The highest BCUT2D eigenvalue weighted by molar-refractivity contribution is 5.92. The number of nitrogens with zero attached hydrogens (tertiary/aromatic N) is 3. The smallest absolute Gasteiger partial charge is 0.269 e. The Morgan fingerprint density at radius 1 is 1.26 bits per heavy atom. The van der Waals surface area contributed by atoms with Gasteiger partial charge in [0.15, 0.2) is 0 Å². The summed E-state index contributed by atoms with van der Waals surface area (Å²) in [6, 6.07) is 10.1. The molecule has 2 saturated heterocycles. The summed E-state index contributed by atoms with van der Waals surface area (Å²) < 4.78 is 8.10. The summed E-state index contributed by atoms with van der Waals surface area (Å²) in [5.74, 6) is 5.78. The van der Waals surface area contributed by atoms with Gasteiger partial charge in [-0.05, 0) is 70.2 Å². The van der Waals surface area contributed by atoms with Gasteiger partial charge in [0.2, 0.25) is 0 Å². The van der Waals surface area contributed by atoms with Crippen molar-refractivity contribution in [2.24, 2.45) is 7.05 Å². The molecule has 7 nitrogen and oxygen atoms in total. The molecule has 1 amide bonds. The third kappa shape index (κ3) is 6.26. The van der Waals surface area contributed by atoms with E-state index >= 15 is 0 Å². The van der Waals surface area contributed by atoms with Crippen LogP contribution in [0, 0.1) is 18.8 Å². The predicted molar refractivity (Wildman–Crippen MR) is 131 cm³/mol. The van der Waals surface area contributed by atoms with Gasteiger partial charge in [-0.1, -0.05) is 24.0 Å². The molecule has 1 aromatic heterocycles. The molecule has 0 radical (unpaired) electrons. The number of aryl methyl sites for hydroxylation is 2.